The van der Waals surface area contributed by atoms with E-state index in [2.05, 4.69) is 36.5 Å². The minimum Gasteiger partial charge on any atom is -0.334 e. The van der Waals surface area contributed by atoms with Crippen LogP contribution in [0.5, 0.6) is 0 Å². The summed E-state index contributed by atoms with van der Waals surface area (Å²) >= 11 is 0. The van der Waals surface area contributed by atoms with Gasteiger partial charge >= 0.3 is 0 Å². The number of aryl methyl sites for hydroxylation is 1. The molecule has 1 aliphatic rings. The normalized spacial score (nSPS) is 25.0. The molecule has 1 heterocycles. The Morgan fingerprint density at radius 1 is 1.50 bits per heavy atom. The van der Waals surface area contributed by atoms with E-state index < -0.39 is 0 Å². The molecule has 0 spiro atoms. The van der Waals surface area contributed by atoms with Gasteiger partial charge in [-0.3, -0.25) is 0 Å². The van der Waals surface area contributed by atoms with Gasteiger partial charge in [-0.2, -0.15) is 0 Å². The molecule has 1 aromatic rings. The summed E-state index contributed by atoms with van der Waals surface area (Å²) in [5.74, 6) is 1.64. The summed E-state index contributed by atoms with van der Waals surface area (Å²) in [7, 11) is 0. The molecule has 2 atom stereocenters. The summed E-state index contributed by atoms with van der Waals surface area (Å²) in [6, 6.07) is 0.0850. The molecule has 1 aliphatic carbocycles. The van der Waals surface area contributed by atoms with Crippen molar-refractivity contribution < 1.29 is 0 Å². The highest BCUT2D eigenvalue weighted by molar-refractivity contribution is 5.04. The van der Waals surface area contributed by atoms with E-state index in [0.29, 0.717) is 11.3 Å². The van der Waals surface area contributed by atoms with Crippen molar-refractivity contribution in [2.45, 2.75) is 65.5 Å². The van der Waals surface area contributed by atoms with Gasteiger partial charge in [-0.25, -0.2) is 4.98 Å². The van der Waals surface area contributed by atoms with Crippen molar-refractivity contribution >= 4 is 0 Å². The van der Waals surface area contributed by atoms with Crippen molar-refractivity contribution in [1.29, 1.82) is 0 Å². The maximum absolute atomic E-state index is 6.54. The van der Waals surface area contributed by atoms with Gasteiger partial charge in [0.15, 0.2) is 0 Å². The molecule has 3 heteroatoms. The van der Waals surface area contributed by atoms with Crippen LogP contribution in [0.1, 0.15) is 64.7 Å². The Balaban J connectivity index is 2.19. The van der Waals surface area contributed by atoms with Gasteiger partial charge in [0.05, 0.1) is 6.04 Å². The molecule has 0 amide bonds. The van der Waals surface area contributed by atoms with Crippen molar-refractivity contribution in [3.63, 3.8) is 0 Å². The molecule has 2 N–H and O–H groups in total. The molecule has 1 saturated carbocycles. The maximum atomic E-state index is 6.54. The number of hydrogen-bond donors (Lipinski definition) is 1. The van der Waals surface area contributed by atoms with Gasteiger partial charge in [0.2, 0.25) is 0 Å². The zero-order chi connectivity index (χ0) is 13.2. The first-order chi connectivity index (χ1) is 8.56. The Morgan fingerprint density at radius 3 is 2.94 bits per heavy atom. The lowest BCUT2D eigenvalue weighted by atomic mass is 9.66. The lowest BCUT2D eigenvalue weighted by molar-refractivity contribution is 0.108. The first-order valence-corrected chi connectivity index (χ1v) is 7.33. The molecule has 18 heavy (non-hydrogen) atoms. The molecule has 2 unspecified atom stereocenters. The third-order valence-corrected chi connectivity index (χ3v) is 4.53. The van der Waals surface area contributed by atoms with E-state index in [1.54, 1.807) is 0 Å². The second-order valence-electron chi connectivity index (χ2n) is 6.35. The number of nitrogens with two attached hydrogens (primary N) is 1. The van der Waals surface area contributed by atoms with Crippen molar-refractivity contribution in [2.75, 3.05) is 0 Å². The lowest BCUT2D eigenvalue weighted by Gasteiger charge is -2.41. The van der Waals surface area contributed by atoms with Crippen molar-refractivity contribution in [3.8, 4) is 0 Å². The van der Waals surface area contributed by atoms with Crippen LogP contribution in [0.2, 0.25) is 0 Å². The van der Waals surface area contributed by atoms with Crippen molar-refractivity contribution in [1.82, 2.24) is 9.55 Å². The Kier molecular flexibility index (Phi) is 4.10. The van der Waals surface area contributed by atoms with Gasteiger partial charge in [-0.15, -0.1) is 0 Å². The summed E-state index contributed by atoms with van der Waals surface area (Å²) in [6.45, 7) is 7.95. The van der Waals surface area contributed by atoms with E-state index in [0.717, 1.165) is 18.8 Å². The van der Waals surface area contributed by atoms with E-state index in [9.17, 15) is 0 Å². The number of nitrogens with zero attached hydrogens (tertiary/aromatic N) is 2. The van der Waals surface area contributed by atoms with Crippen LogP contribution in [-0.4, -0.2) is 9.55 Å². The number of aromatic nitrogens is 2. The maximum Gasteiger partial charge on any atom is 0.125 e. The topological polar surface area (TPSA) is 43.8 Å². The minimum absolute atomic E-state index is 0.0850. The fourth-order valence-electron chi connectivity index (χ4n) is 3.41. The van der Waals surface area contributed by atoms with Crippen LogP contribution in [0, 0.1) is 11.3 Å². The molecule has 2 rings (SSSR count). The quantitative estimate of drug-likeness (QED) is 0.887. The number of hydrogen-bond acceptors (Lipinski definition) is 2. The molecule has 0 radical (unpaired) electrons. The highest BCUT2D eigenvalue weighted by Crippen LogP contribution is 2.45. The van der Waals surface area contributed by atoms with Crippen molar-refractivity contribution in [3.05, 3.63) is 18.2 Å². The van der Waals surface area contributed by atoms with E-state index in [-0.39, 0.29) is 6.04 Å². The molecule has 1 fully saturated rings. The van der Waals surface area contributed by atoms with E-state index in [4.69, 9.17) is 5.73 Å². The van der Waals surface area contributed by atoms with Gasteiger partial charge in [0.25, 0.3) is 0 Å². The zero-order valence-corrected chi connectivity index (χ0v) is 12.0. The Bertz CT molecular complexity index is 381. The predicted molar refractivity (Wildman–Crippen MR) is 75.2 cm³/mol. The summed E-state index contributed by atoms with van der Waals surface area (Å²) < 4.78 is 2.23. The van der Waals surface area contributed by atoms with Gasteiger partial charge in [0, 0.05) is 18.9 Å². The van der Waals surface area contributed by atoms with Crippen LogP contribution >= 0.6 is 0 Å². The third kappa shape index (κ3) is 2.61. The molecule has 102 valence electrons. The van der Waals surface area contributed by atoms with Crippen molar-refractivity contribution in [2.24, 2.45) is 17.1 Å². The predicted octanol–water partition coefficient (Wildman–Crippen LogP) is 3.51. The monoisotopic (exact) mass is 249 g/mol. The van der Waals surface area contributed by atoms with Gasteiger partial charge in [-0.05, 0) is 30.6 Å². The minimum atomic E-state index is 0.0850. The van der Waals surface area contributed by atoms with Gasteiger partial charge < -0.3 is 10.3 Å². The van der Waals surface area contributed by atoms with E-state index in [1.807, 2.05) is 6.20 Å². The Hall–Kier alpha value is -0.830. The number of imidazole rings is 1. The van der Waals surface area contributed by atoms with Crippen LogP contribution < -0.4 is 5.73 Å². The molecular formula is C15H27N3. The van der Waals surface area contributed by atoms with Crippen LogP contribution in [0.15, 0.2) is 12.4 Å². The van der Waals surface area contributed by atoms with Crippen LogP contribution in [0.3, 0.4) is 0 Å². The largest absolute Gasteiger partial charge is 0.334 e. The Labute approximate surface area is 111 Å². The number of rotatable bonds is 4. The summed E-state index contributed by atoms with van der Waals surface area (Å²) in [4.78, 5) is 4.51. The van der Waals surface area contributed by atoms with Gasteiger partial charge in [0.1, 0.15) is 5.82 Å². The smallest absolute Gasteiger partial charge is 0.125 e. The van der Waals surface area contributed by atoms with E-state index in [1.165, 1.54) is 25.7 Å². The molecule has 0 aromatic carbocycles. The van der Waals surface area contributed by atoms with Crippen LogP contribution in [0.25, 0.3) is 0 Å². The second kappa shape index (κ2) is 5.43. The molecule has 0 aliphatic heterocycles. The lowest BCUT2D eigenvalue weighted by Crippen LogP contribution is -2.37. The van der Waals surface area contributed by atoms with Gasteiger partial charge in [-0.1, -0.05) is 33.6 Å². The Morgan fingerprint density at radius 2 is 2.28 bits per heavy atom. The van der Waals surface area contributed by atoms with Crippen LogP contribution in [0.4, 0.5) is 0 Å². The molecule has 0 saturated heterocycles. The average molecular weight is 249 g/mol. The second-order valence-corrected chi connectivity index (χ2v) is 6.35. The highest BCUT2D eigenvalue weighted by Gasteiger charge is 2.37. The summed E-state index contributed by atoms with van der Waals surface area (Å²) in [6.07, 6.45) is 10.3. The first-order valence-electron chi connectivity index (χ1n) is 7.33. The first kappa shape index (κ1) is 13.6. The fourth-order valence-corrected chi connectivity index (χ4v) is 3.41. The molecule has 1 aromatic heterocycles. The average Bonchev–Trinajstić information content (AvgIpc) is 2.76. The molecule has 0 bridgehead atoms. The standard InChI is InChI=1S/C15H27N3/c1-4-10-18-11-9-17-14(18)13(16)12-7-5-6-8-15(12,2)3/h9,11-13H,4-8,10,16H2,1-3H3. The summed E-state index contributed by atoms with van der Waals surface area (Å²) in [5, 5.41) is 0. The SMILES string of the molecule is CCCn1ccnc1C(N)C1CCCCC1(C)C. The highest BCUT2D eigenvalue weighted by atomic mass is 15.1. The fraction of sp³-hybridized carbons (Fsp3) is 0.800. The molecular weight excluding hydrogens is 222 g/mol. The third-order valence-electron chi connectivity index (χ3n) is 4.53. The molecule has 3 nitrogen and oxygen atoms in total. The van der Waals surface area contributed by atoms with Crippen LogP contribution in [-0.2, 0) is 6.54 Å². The summed E-state index contributed by atoms with van der Waals surface area (Å²) in [5.41, 5.74) is 6.89. The zero-order valence-electron chi connectivity index (χ0n) is 12.0. The van der Waals surface area contributed by atoms with E-state index >= 15 is 0 Å².